The number of fused-ring (bicyclic) bond motifs is 1. The van der Waals surface area contributed by atoms with Crippen LogP contribution >= 0.6 is 11.6 Å². The highest BCUT2D eigenvalue weighted by Crippen LogP contribution is 2.36. The number of hydrogen-bond acceptors (Lipinski definition) is 8. The van der Waals surface area contributed by atoms with Crippen molar-refractivity contribution in [3.63, 3.8) is 0 Å². The van der Waals surface area contributed by atoms with Crippen LogP contribution in [0, 0.1) is 11.6 Å². The van der Waals surface area contributed by atoms with Crippen molar-refractivity contribution in [1.82, 2.24) is 15.0 Å². The van der Waals surface area contributed by atoms with Crippen LogP contribution in [-0.4, -0.2) is 48.3 Å². The van der Waals surface area contributed by atoms with Crippen LogP contribution in [0.2, 0.25) is 5.02 Å². The van der Waals surface area contributed by atoms with Gasteiger partial charge in [-0.1, -0.05) is 11.6 Å². The molecule has 0 saturated heterocycles. The third-order valence-electron chi connectivity index (χ3n) is 4.83. The number of ether oxygens (including phenoxy) is 4. The molecule has 1 aromatic carbocycles. The second kappa shape index (κ2) is 11.1. The minimum Gasteiger partial charge on any atom is -0.485 e. The molecule has 0 fully saturated rings. The van der Waals surface area contributed by atoms with Crippen LogP contribution in [0.25, 0.3) is 11.0 Å². The Kier molecular flexibility index (Phi) is 7.71. The molecule has 36 heavy (non-hydrogen) atoms. The van der Waals surface area contributed by atoms with Crippen LogP contribution in [0.5, 0.6) is 23.1 Å². The van der Waals surface area contributed by atoms with Crippen molar-refractivity contribution in [3.8, 4) is 23.1 Å². The van der Waals surface area contributed by atoms with Crippen molar-refractivity contribution < 1.29 is 32.5 Å². The van der Waals surface area contributed by atoms with Crippen LogP contribution in [0.4, 0.5) is 14.5 Å². The van der Waals surface area contributed by atoms with Crippen molar-refractivity contribution in [1.29, 1.82) is 0 Å². The Labute approximate surface area is 209 Å². The summed E-state index contributed by atoms with van der Waals surface area (Å²) in [5.41, 5.74) is 0.447. The molecule has 0 saturated carbocycles. The molecule has 12 heteroatoms. The number of halogens is 3. The van der Waals surface area contributed by atoms with Gasteiger partial charge in [-0.3, -0.25) is 14.8 Å². The fraction of sp³-hybridized carbons (Fsp3) is 0.167. The van der Waals surface area contributed by atoms with Crippen LogP contribution in [-0.2, 0) is 4.74 Å². The van der Waals surface area contributed by atoms with E-state index in [-0.39, 0.29) is 40.0 Å². The Morgan fingerprint density at radius 1 is 1.06 bits per heavy atom. The molecule has 0 aliphatic rings. The summed E-state index contributed by atoms with van der Waals surface area (Å²) in [6.45, 7) is 0.602. The minimum absolute atomic E-state index is 0.0264. The van der Waals surface area contributed by atoms with E-state index in [9.17, 15) is 13.6 Å². The maximum Gasteiger partial charge on any atom is 0.258 e. The molecule has 0 aliphatic heterocycles. The number of benzene rings is 1. The molecule has 3 aromatic heterocycles. The van der Waals surface area contributed by atoms with Gasteiger partial charge in [-0.15, -0.1) is 0 Å². The Morgan fingerprint density at radius 2 is 1.83 bits per heavy atom. The van der Waals surface area contributed by atoms with E-state index >= 15 is 0 Å². The van der Waals surface area contributed by atoms with Crippen molar-refractivity contribution in [2.75, 3.05) is 32.8 Å². The van der Waals surface area contributed by atoms with Crippen molar-refractivity contribution in [3.05, 3.63) is 71.1 Å². The van der Waals surface area contributed by atoms with Gasteiger partial charge in [-0.05, 0) is 6.07 Å². The molecule has 0 radical (unpaired) electrons. The molecule has 1 N–H and O–H groups in total. The van der Waals surface area contributed by atoms with Gasteiger partial charge < -0.3 is 24.3 Å². The summed E-state index contributed by atoms with van der Waals surface area (Å²) in [5.74, 6) is -3.01. The summed E-state index contributed by atoms with van der Waals surface area (Å²) < 4.78 is 51.1. The molecular formula is C24H19ClF2N4O5. The standard InChI is InChI=1S/C24H19ClF2N4O5/c1-33-7-8-35-20-11-18-21(31-24(20)34-2)19(4-6-29-18)36-22-16(26)9-13(10-17(22)27)30-23(32)14-12-28-5-3-15(14)25/h3-6,9-12H,7-8H2,1-2H3,(H,30,32). The number of carbonyl (C=O) groups is 1. The van der Waals surface area contributed by atoms with Gasteiger partial charge in [0.15, 0.2) is 28.9 Å². The van der Waals surface area contributed by atoms with Crippen molar-refractivity contribution in [2.24, 2.45) is 0 Å². The van der Waals surface area contributed by atoms with Gasteiger partial charge in [-0.2, -0.15) is 0 Å². The first-order chi connectivity index (χ1) is 17.4. The van der Waals surface area contributed by atoms with Gasteiger partial charge in [0.05, 0.1) is 29.8 Å². The number of rotatable bonds is 9. The van der Waals surface area contributed by atoms with E-state index < -0.39 is 23.3 Å². The molecule has 0 atom stereocenters. The molecule has 0 aliphatic carbocycles. The molecular weight excluding hydrogens is 498 g/mol. The molecule has 0 spiro atoms. The van der Waals surface area contributed by atoms with Crippen LogP contribution < -0.4 is 19.5 Å². The Morgan fingerprint density at radius 3 is 2.53 bits per heavy atom. The predicted molar refractivity (Wildman–Crippen MR) is 127 cm³/mol. The van der Waals surface area contributed by atoms with Crippen molar-refractivity contribution in [2.45, 2.75) is 0 Å². The Hall–Kier alpha value is -4.09. The molecule has 186 valence electrons. The molecule has 4 aromatic rings. The number of pyridine rings is 3. The monoisotopic (exact) mass is 516 g/mol. The fourth-order valence-electron chi connectivity index (χ4n) is 3.16. The molecule has 4 rings (SSSR count). The van der Waals surface area contributed by atoms with Gasteiger partial charge in [0.1, 0.15) is 12.1 Å². The van der Waals surface area contributed by atoms with E-state index in [1.54, 1.807) is 13.2 Å². The number of amides is 1. The molecule has 1 amide bonds. The second-order valence-corrected chi connectivity index (χ2v) is 7.60. The minimum atomic E-state index is -1.06. The highest BCUT2D eigenvalue weighted by molar-refractivity contribution is 6.34. The van der Waals surface area contributed by atoms with Gasteiger partial charge in [0, 0.05) is 55.7 Å². The SMILES string of the molecule is COCCOc1cc2nccc(Oc3c(F)cc(NC(=O)c4cnccc4Cl)cc3F)c2nc1OC. The number of aromatic nitrogens is 3. The van der Waals surface area contributed by atoms with Gasteiger partial charge >= 0.3 is 0 Å². The Balaban J connectivity index is 1.61. The maximum atomic E-state index is 14.9. The zero-order chi connectivity index (χ0) is 25.7. The number of carbonyl (C=O) groups excluding carboxylic acids is 1. The Bertz CT molecular complexity index is 1400. The third-order valence-corrected chi connectivity index (χ3v) is 5.16. The smallest absolute Gasteiger partial charge is 0.258 e. The zero-order valence-electron chi connectivity index (χ0n) is 19.0. The number of nitrogens with zero attached hydrogens (tertiary/aromatic N) is 3. The first-order valence-electron chi connectivity index (χ1n) is 10.4. The number of anilines is 1. The normalized spacial score (nSPS) is 10.8. The number of nitrogens with one attached hydrogen (secondary N) is 1. The van der Waals surface area contributed by atoms with E-state index in [2.05, 4.69) is 20.3 Å². The average Bonchev–Trinajstić information content (AvgIpc) is 2.86. The van der Waals surface area contributed by atoms with E-state index in [1.807, 2.05) is 0 Å². The lowest BCUT2D eigenvalue weighted by Crippen LogP contribution is -2.13. The van der Waals surface area contributed by atoms with E-state index in [1.165, 1.54) is 37.8 Å². The predicted octanol–water partition coefficient (Wildman–Crippen LogP) is 5.03. The largest absolute Gasteiger partial charge is 0.485 e. The fourth-order valence-corrected chi connectivity index (χ4v) is 3.35. The summed E-state index contributed by atoms with van der Waals surface area (Å²) in [5, 5.41) is 2.52. The molecule has 9 nitrogen and oxygen atoms in total. The first kappa shape index (κ1) is 25.0. The quantitative estimate of drug-likeness (QED) is 0.309. The lowest BCUT2D eigenvalue weighted by molar-refractivity contribution is 0.102. The van der Waals surface area contributed by atoms with Crippen LogP contribution in [0.1, 0.15) is 10.4 Å². The lowest BCUT2D eigenvalue weighted by atomic mass is 10.2. The lowest BCUT2D eigenvalue weighted by Gasteiger charge is -2.14. The summed E-state index contributed by atoms with van der Waals surface area (Å²) in [4.78, 5) is 24.8. The van der Waals surface area contributed by atoms with E-state index in [0.29, 0.717) is 17.9 Å². The highest BCUT2D eigenvalue weighted by atomic mass is 35.5. The summed E-state index contributed by atoms with van der Waals surface area (Å²) >= 11 is 5.97. The summed E-state index contributed by atoms with van der Waals surface area (Å²) in [6, 6.07) is 6.22. The molecule has 0 bridgehead atoms. The van der Waals surface area contributed by atoms with Crippen LogP contribution in [0.15, 0.2) is 48.9 Å². The summed E-state index contributed by atoms with van der Waals surface area (Å²) in [6.07, 6.45) is 4.05. The average molecular weight is 517 g/mol. The van der Waals surface area contributed by atoms with Crippen molar-refractivity contribution >= 4 is 34.2 Å². The van der Waals surface area contributed by atoms with Gasteiger partial charge in [0.2, 0.25) is 0 Å². The van der Waals surface area contributed by atoms with Crippen LogP contribution in [0.3, 0.4) is 0 Å². The first-order valence-corrected chi connectivity index (χ1v) is 10.8. The molecule has 3 heterocycles. The highest BCUT2D eigenvalue weighted by Gasteiger charge is 2.19. The molecule has 0 unspecified atom stereocenters. The van der Waals surface area contributed by atoms with Gasteiger partial charge in [-0.25, -0.2) is 13.8 Å². The third kappa shape index (κ3) is 5.42. The zero-order valence-corrected chi connectivity index (χ0v) is 19.8. The topological polar surface area (TPSA) is 105 Å². The maximum absolute atomic E-state index is 14.9. The second-order valence-electron chi connectivity index (χ2n) is 7.19. The van der Waals surface area contributed by atoms with E-state index in [4.69, 9.17) is 30.5 Å². The van der Waals surface area contributed by atoms with E-state index in [0.717, 1.165) is 12.1 Å². The number of methoxy groups -OCH3 is 2. The van der Waals surface area contributed by atoms with Gasteiger partial charge in [0.25, 0.3) is 11.8 Å². The summed E-state index contributed by atoms with van der Waals surface area (Å²) in [7, 11) is 2.94. The number of hydrogen-bond donors (Lipinski definition) is 1.